The second-order valence-electron chi connectivity index (χ2n) is 7.02. The number of anilines is 2. The summed E-state index contributed by atoms with van der Waals surface area (Å²) in [4.78, 5) is 30.0. The summed E-state index contributed by atoms with van der Waals surface area (Å²) < 4.78 is 46.7. The lowest BCUT2D eigenvalue weighted by Gasteiger charge is -2.14. The molecule has 0 aliphatic heterocycles. The highest BCUT2D eigenvalue weighted by atomic mass is 32.2. The summed E-state index contributed by atoms with van der Waals surface area (Å²) >= 11 is 1.25. The predicted molar refractivity (Wildman–Crippen MR) is 123 cm³/mol. The second kappa shape index (κ2) is 10.1. The van der Waals surface area contributed by atoms with Crippen molar-refractivity contribution in [3.05, 3.63) is 70.5 Å². The number of aryl methyl sites for hydroxylation is 1. The van der Waals surface area contributed by atoms with E-state index < -0.39 is 21.8 Å². The number of nitrogens with one attached hydrogen (secondary N) is 1. The van der Waals surface area contributed by atoms with Gasteiger partial charge in [-0.3, -0.25) is 14.4 Å². The standard InChI is InChI=1S/C22H22FN3O5S2/c1-4-26(15(3)27)22-24-17(13-32-22)12-31-21(28)18-7-5-6-8-19(18)25-33(29,30)20-10-9-16(23)11-14(20)2/h5-11,13,25H,4,12H2,1-3H3. The van der Waals surface area contributed by atoms with Crippen LogP contribution < -0.4 is 9.62 Å². The Bertz CT molecular complexity index is 1290. The van der Waals surface area contributed by atoms with E-state index in [-0.39, 0.29) is 34.2 Å². The lowest BCUT2D eigenvalue weighted by Crippen LogP contribution is -2.27. The highest BCUT2D eigenvalue weighted by Crippen LogP contribution is 2.25. The van der Waals surface area contributed by atoms with Gasteiger partial charge >= 0.3 is 5.97 Å². The molecule has 0 saturated carbocycles. The number of hydrogen-bond acceptors (Lipinski definition) is 7. The lowest BCUT2D eigenvalue weighted by molar-refractivity contribution is -0.116. The van der Waals surface area contributed by atoms with Crippen molar-refractivity contribution in [3.8, 4) is 0 Å². The molecule has 0 atom stereocenters. The Labute approximate surface area is 195 Å². The van der Waals surface area contributed by atoms with Crippen molar-refractivity contribution >= 4 is 44.1 Å². The van der Waals surface area contributed by atoms with Crippen LogP contribution in [-0.2, 0) is 26.2 Å². The average Bonchev–Trinajstić information content (AvgIpc) is 3.20. The van der Waals surface area contributed by atoms with Gasteiger partial charge in [-0.25, -0.2) is 22.6 Å². The quantitative estimate of drug-likeness (QED) is 0.475. The molecule has 1 aromatic heterocycles. The number of nitrogens with zero attached hydrogens (tertiary/aromatic N) is 2. The van der Waals surface area contributed by atoms with Crippen molar-refractivity contribution in [2.75, 3.05) is 16.2 Å². The first-order valence-corrected chi connectivity index (χ1v) is 12.3. The van der Waals surface area contributed by atoms with E-state index in [1.165, 1.54) is 42.2 Å². The van der Waals surface area contributed by atoms with Crippen LogP contribution in [0.3, 0.4) is 0 Å². The third-order valence-electron chi connectivity index (χ3n) is 4.64. The fraction of sp³-hybridized carbons (Fsp3) is 0.227. The van der Waals surface area contributed by atoms with Crippen molar-refractivity contribution in [1.29, 1.82) is 0 Å². The van der Waals surface area contributed by atoms with Crippen molar-refractivity contribution in [2.24, 2.45) is 0 Å². The lowest BCUT2D eigenvalue weighted by atomic mass is 10.2. The Morgan fingerprint density at radius 2 is 1.94 bits per heavy atom. The smallest absolute Gasteiger partial charge is 0.340 e. The van der Waals surface area contributed by atoms with Gasteiger partial charge in [0, 0.05) is 18.8 Å². The fourth-order valence-corrected chi connectivity index (χ4v) is 5.29. The van der Waals surface area contributed by atoms with Crippen LogP contribution in [0.5, 0.6) is 0 Å². The Morgan fingerprint density at radius 3 is 2.61 bits per heavy atom. The van der Waals surface area contributed by atoms with E-state index in [0.29, 0.717) is 17.4 Å². The van der Waals surface area contributed by atoms with Crippen LogP contribution in [0.25, 0.3) is 0 Å². The minimum Gasteiger partial charge on any atom is -0.455 e. The molecule has 1 amide bonds. The molecule has 33 heavy (non-hydrogen) atoms. The van der Waals surface area contributed by atoms with Gasteiger partial charge in [0.25, 0.3) is 10.0 Å². The summed E-state index contributed by atoms with van der Waals surface area (Å²) in [6, 6.07) is 9.33. The van der Waals surface area contributed by atoms with Gasteiger partial charge in [0.05, 0.1) is 21.8 Å². The van der Waals surface area contributed by atoms with Gasteiger partial charge in [-0.2, -0.15) is 0 Å². The summed E-state index contributed by atoms with van der Waals surface area (Å²) in [5, 5.41) is 2.18. The maximum absolute atomic E-state index is 13.4. The van der Waals surface area contributed by atoms with E-state index in [1.54, 1.807) is 17.5 Å². The normalized spacial score (nSPS) is 11.2. The van der Waals surface area contributed by atoms with E-state index in [4.69, 9.17) is 4.74 Å². The first-order chi connectivity index (χ1) is 15.6. The zero-order chi connectivity index (χ0) is 24.2. The molecule has 3 rings (SSSR count). The van der Waals surface area contributed by atoms with Crippen LogP contribution in [0.1, 0.15) is 35.5 Å². The van der Waals surface area contributed by atoms with Gasteiger partial charge < -0.3 is 4.74 Å². The molecular weight excluding hydrogens is 469 g/mol. The molecule has 0 spiro atoms. The Morgan fingerprint density at radius 1 is 1.21 bits per heavy atom. The third-order valence-corrected chi connectivity index (χ3v) is 7.07. The molecule has 8 nitrogen and oxygen atoms in total. The van der Waals surface area contributed by atoms with Crippen molar-refractivity contribution in [1.82, 2.24) is 4.98 Å². The van der Waals surface area contributed by atoms with Crippen LogP contribution >= 0.6 is 11.3 Å². The monoisotopic (exact) mass is 491 g/mol. The van der Waals surface area contributed by atoms with Crippen molar-refractivity contribution in [3.63, 3.8) is 0 Å². The molecule has 1 N–H and O–H groups in total. The number of carbonyl (C=O) groups excluding carboxylic acids is 2. The number of amides is 1. The first-order valence-electron chi connectivity index (χ1n) is 9.90. The van der Waals surface area contributed by atoms with Crippen LogP contribution in [0, 0.1) is 12.7 Å². The Kier molecular flexibility index (Phi) is 7.44. The summed E-state index contributed by atoms with van der Waals surface area (Å²) in [6.07, 6.45) is 0. The molecule has 3 aromatic rings. The highest BCUT2D eigenvalue weighted by molar-refractivity contribution is 7.92. The second-order valence-corrected chi connectivity index (χ2v) is 9.51. The molecule has 0 unspecified atom stereocenters. The van der Waals surface area contributed by atoms with Gasteiger partial charge in [-0.15, -0.1) is 11.3 Å². The molecule has 2 aromatic carbocycles. The minimum absolute atomic E-state index is 0.00946. The molecule has 174 valence electrons. The van der Waals surface area contributed by atoms with E-state index in [0.717, 1.165) is 18.2 Å². The average molecular weight is 492 g/mol. The number of hydrogen-bond donors (Lipinski definition) is 1. The van der Waals surface area contributed by atoms with E-state index in [1.807, 2.05) is 6.92 Å². The van der Waals surface area contributed by atoms with Gasteiger partial charge in [-0.1, -0.05) is 12.1 Å². The molecule has 0 bridgehead atoms. The summed E-state index contributed by atoms with van der Waals surface area (Å²) in [5.41, 5.74) is 0.728. The summed E-state index contributed by atoms with van der Waals surface area (Å²) in [7, 11) is -4.07. The van der Waals surface area contributed by atoms with Gasteiger partial charge in [0.1, 0.15) is 12.4 Å². The predicted octanol–water partition coefficient (Wildman–Crippen LogP) is 4.12. The summed E-state index contributed by atoms with van der Waals surface area (Å²) in [6.45, 7) is 5.06. The molecule has 0 radical (unpaired) electrons. The molecular formula is C22H22FN3O5S2. The highest BCUT2D eigenvalue weighted by Gasteiger charge is 2.22. The minimum atomic E-state index is -4.07. The topological polar surface area (TPSA) is 106 Å². The number of halogens is 1. The fourth-order valence-electron chi connectivity index (χ4n) is 3.06. The van der Waals surface area contributed by atoms with Crippen LogP contribution in [0.4, 0.5) is 15.2 Å². The van der Waals surface area contributed by atoms with Gasteiger partial charge in [0.15, 0.2) is 5.13 Å². The third kappa shape index (κ3) is 5.74. The Balaban J connectivity index is 1.76. The van der Waals surface area contributed by atoms with Crippen LogP contribution in [-0.4, -0.2) is 31.8 Å². The number of para-hydroxylation sites is 1. The molecule has 0 aliphatic rings. The zero-order valence-electron chi connectivity index (χ0n) is 18.2. The number of sulfonamides is 1. The van der Waals surface area contributed by atoms with E-state index in [2.05, 4.69) is 9.71 Å². The van der Waals surface area contributed by atoms with E-state index in [9.17, 15) is 22.4 Å². The maximum atomic E-state index is 13.4. The molecule has 0 fully saturated rings. The number of carbonyl (C=O) groups is 2. The molecule has 11 heteroatoms. The zero-order valence-corrected chi connectivity index (χ0v) is 19.8. The number of esters is 1. The number of ether oxygens (including phenoxy) is 1. The summed E-state index contributed by atoms with van der Waals surface area (Å²) in [5.74, 6) is -1.45. The van der Waals surface area contributed by atoms with Gasteiger partial charge in [0.2, 0.25) is 5.91 Å². The number of thiazole rings is 1. The molecule has 1 heterocycles. The largest absolute Gasteiger partial charge is 0.455 e. The molecule has 0 saturated heterocycles. The number of aromatic nitrogens is 1. The van der Waals surface area contributed by atoms with Gasteiger partial charge in [-0.05, 0) is 49.7 Å². The Hall–Kier alpha value is -3.31. The number of rotatable bonds is 8. The maximum Gasteiger partial charge on any atom is 0.340 e. The number of benzene rings is 2. The van der Waals surface area contributed by atoms with Crippen LogP contribution in [0.15, 0.2) is 52.7 Å². The van der Waals surface area contributed by atoms with Crippen molar-refractivity contribution in [2.45, 2.75) is 32.3 Å². The molecule has 0 aliphatic carbocycles. The first kappa shape index (κ1) is 24.3. The SMILES string of the molecule is CCN(C(C)=O)c1nc(COC(=O)c2ccccc2NS(=O)(=O)c2ccc(F)cc2C)cs1. The van der Waals surface area contributed by atoms with Crippen molar-refractivity contribution < 1.29 is 27.1 Å². The van der Waals surface area contributed by atoms with Crippen LogP contribution in [0.2, 0.25) is 0 Å². The van der Waals surface area contributed by atoms with E-state index >= 15 is 0 Å².